The van der Waals surface area contributed by atoms with Crippen molar-refractivity contribution in [2.75, 3.05) is 5.01 Å². The number of hydrazone groups is 1. The number of benzene rings is 1. The van der Waals surface area contributed by atoms with E-state index in [0.717, 1.165) is 10.2 Å². The molecule has 0 radical (unpaired) electrons. The standard InChI is InChI=1S/C7H8BrClN4/c8-6-3-5(9)1-2-7(6)13(11)4-12-10/h1-4H,10-11H2/b12-4-. The average Bonchev–Trinajstić information content (AvgIpc) is 2.04. The Balaban J connectivity index is 3.01. The fourth-order valence-corrected chi connectivity index (χ4v) is 1.71. The van der Waals surface area contributed by atoms with Crippen molar-refractivity contribution >= 4 is 39.6 Å². The summed E-state index contributed by atoms with van der Waals surface area (Å²) >= 11 is 9.06. The van der Waals surface area contributed by atoms with Crippen LogP contribution in [0.4, 0.5) is 5.69 Å². The number of hydrazine groups is 1. The van der Waals surface area contributed by atoms with Crippen LogP contribution in [0.25, 0.3) is 0 Å². The van der Waals surface area contributed by atoms with Gasteiger partial charge >= 0.3 is 0 Å². The van der Waals surface area contributed by atoms with Crippen LogP contribution in [0.5, 0.6) is 0 Å². The molecule has 13 heavy (non-hydrogen) atoms. The summed E-state index contributed by atoms with van der Waals surface area (Å²) in [5.74, 6) is 10.5. The van der Waals surface area contributed by atoms with Crippen molar-refractivity contribution in [1.82, 2.24) is 0 Å². The van der Waals surface area contributed by atoms with Gasteiger partial charge in [-0.3, -0.25) is 5.01 Å². The van der Waals surface area contributed by atoms with Gasteiger partial charge in [0.25, 0.3) is 0 Å². The summed E-state index contributed by atoms with van der Waals surface area (Å²) in [6, 6.07) is 5.22. The van der Waals surface area contributed by atoms with Gasteiger partial charge in [-0.1, -0.05) is 11.6 Å². The van der Waals surface area contributed by atoms with Gasteiger partial charge in [0.1, 0.15) is 6.34 Å². The van der Waals surface area contributed by atoms with Crippen LogP contribution in [0.15, 0.2) is 27.8 Å². The smallest absolute Gasteiger partial charge is 0.129 e. The van der Waals surface area contributed by atoms with Crippen molar-refractivity contribution in [2.24, 2.45) is 16.8 Å². The normalized spacial score (nSPS) is 10.7. The molecule has 0 aliphatic rings. The van der Waals surface area contributed by atoms with E-state index in [0.29, 0.717) is 5.02 Å². The summed E-state index contributed by atoms with van der Waals surface area (Å²) < 4.78 is 0.780. The summed E-state index contributed by atoms with van der Waals surface area (Å²) in [5, 5.41) is 5.22. The summed E-state index contributed by atoms with van der Waals surface area (Å²) in [6.07, 6.45) is 1.30. The first-order chi connectivity index (χ1) is 6.15. The number of hydrogen-bond donors (Lipinski definition) is 2. The Labute approximate surface area is 89.2 Å². The number of halogens is 2. The van der Waals surface area contributed by atoms with Crippen LogP contribution in [0.1, 0.15) is 0 Å². The minimum atomic E-state index is 0.633. The Morgan fingerprint density at radius 2 is 2.23 bits per heavy atom. The molecule has 1 aromatic carbocycles. The fraction of sp³-hybridized carbons (Fsp3) is 0. The first-order valence-electron chi connectivity index (χ1n) is 3.37. The zero-order chi connectivity index (χ0) is 9.84. The van der Waals surface area contributed by atoms with Crippen molar-refractivity contribution in [3.63, 3.8) is 0 Å². The lowest BCUT2D eigenvalue weighted by Crippen LogP contribution is -2.29. The van der Waals surface area contributed by atoms with Crippen molar-refractivity contribution in [1.29, 1.82) is 0 Å². The lowest BCUT2D eigenvalue weighted by atomic mass is 10.3. The third-order valence-corrected chi connectivity index (χ3v) is 2.25. The third-order valence-electron chi connectivity index (χ3n) is 1.38. The largest absolute Gasteiger partial charge is 0.322 e. The van der Waals surface area contributed by atoms with Gasteiger partial charge in [-0.2, -0.15) is 5.10 Å². The summed E-state index contributed by atoms with van der Waals surface area (Å²) in [6.45, 7) is 0. The molecule has 4 N–H and O–H groups in total. The van der Waals surface area contributed by atoms with Crippen LogP contribution in [0, 0.1) is 0 Å². The Morgan fingerprint density at radius 3 is 2.77 bits per heavy atom. The second-order valence-corrected chi connectivity index (χ2v) is 3.56. The predicted octanol–water partition coefficient (Wildman–Crippen LogP) is 1.68. The molecule has 1 aromatic rings. The second kappa shape index (κ2) is 4.45. The fourth-order valence-electron chi connectivity index (χ4n) is 0.825. The Kier molecular flexibility index (Phi) is 3.53. The summed E-state index contributed by atoms with van der Waals surface area (Å²) in [5.41, 5.74) is 0.735. The number of nitrogens with two attached hydrogens (primary N) is 2. The molecule has 70 valence electrons. The molecule has 0 unspecified atom stereocenters. The van der Waals surface area contributed by atoms with Crippen molar-refractivity contribution in [3.8, 4) is 0 Å². The highest BCUT2D eigenvalue weighted by atomic mass is 79.9. The van der Waals surface area contributed by atoms with Crippen molar-refractivity contribution in [3.05, 3.63) is 27.7 Å². The zero-order valence-corrected chi connectivity index (χ0v) is 8.96. The molecule has 0 aromatic heterocycles. The molecule has 0 aliphatic heterocycles. The molecule has 1 rings (SSSR count). The van der Waals surface area contributed by atoms with Gasteiger partial charge < -0.3 is 5.84 Å². The highest BCUT2D eigenvalue weighted by Crippen LogP contribution is 2.26. The molecular weight excluding hydrogens is 255 g/mol. The maximum absolute atomic E-state index is 5.75. The monoisotopic (exact) mass is 262 g/mol. The van der Waals surface area contributed by atoms with Gasteiger partial charge in [-0.05, 0) is 34.1 Å². The van der Waals surface area contributed by atoms with Crippen LogP contribution >= 0.6 is 27.5 Å². The Hall–Kier alpha value is -0.780. The highest BCUT2D eigenvalue weighted by molar-refractivity contribution is 9.10. The van der Waals surface area contributed by atoms with Gasteiger partial charge in [0.05, 0.1) is 5.69 Å². The van der Waals surface area contributed by atoms with E-state index >= 15 is 0 Å². The molecular formula is C7H8BrClN4. The van der Waals surface area contributed by atoms with E-state index in [4.69, 9.17) is 23.3 Å². The van der Waals surface area contributed by atoms with Crippen molar-refractivity contribution < 1.29 is 0 Å². The van der Waals surface area contributed by atoms with Crippen LogP contribution in [0.3, 0.4) is 0 Å². The number of anilines is 1. The van der Waals surface area contributed by atoms with Crippen LogP contribution < -0.4 is 16.7 Å². The number of rotatable bonds is 2. The molecule has 0 fully saturated rings. The van der Waals surface area contributed by atoms with Gasteiger partial charge in [0.15, 0.2) is 0 Å². The lowest BCUT2D eigenvalue weighted by Gasteiger charge is -2.13. The molecule has 0 aliphatic carbocycles. The Bertz CT molecular complexity index is 328. The van der Waals surface area contributed by atoms with Gasteiger partial charge in [0, 0.05) is 9.50 Å². The van der Waals surface area contributed by atoms with Gasteiger partial charge in [-0.25, -0.2) is 5.84 Å². The molecule has 0 heterocycles. The summed E-state index contributed by atoms with van der Waals surface area (Å²) in [7, 11) is 0. The second-order valence-electron chi connectivity index (χ2n) is 2.27. The quantitative estimate of drug-likeness (QED) is 0.369. The molecule has 0 spiro atoms. The van der Waals surface area contributed by atoms with Crippen LogP contribution in [0.2, 0.25) is 5.02 Å². The van der Waals surface area contributed by atoms with E-state index in [2.05, 4.69) is 21.0 Å². The molecule has 6 heteroatoms. The highest BCUT2D eigenvalue weighted by Gasteiger charge is 2.04. The maximum Gasteiger partial charge on any atom is 0.129 e. The van der Waals surface area contributed by atoms with E-state index in [-0.39, 0.29) is 0 Å². The number of nitrogens with zero attached hydrogens (tertiary/aromatic N) is 2. The lowest BCUT2D eigenvalue weighted by molar-refractivity contribution is 1.12. The molecule has 0 saturated carbocycles. The minimum absolute atomic E-state index is 0.633. The van der Waals surface area contributed by atoms with Crippen LogP contribution in [-0.2, 0) is 0 Å². The van der Waals surface area contributed by atoms with Gasteiger partial charge in [0.2, 0.25) is 0 Å². The minimum Gasteiger partial charge on any atom is -0.322 e. The maximum atomic E-state index is 5.75. The third kappa shape index (κ3) is 2.58. The van der Waals surface area contributed by atoms with E-state index in [1.165, 1.54) is 11.3 Å². The average molecular weight is 264 g/mol. The zero-order valence-electron chi connectivity index (χ0n) is 6.61. The summed E-state index contributed by atoms with van der Waals surface area (Å²) in [4.78, 5) is 0. The molecule has 0 saturated heterocycles. The molecule has 4 nitrogen and oxygen atoms in total. The van der Waals surface area contributed by atoms with Gasteiger partial charge in [-0.15, -0.1) is 0 Å². The van der Waals surface area contributed by atoms with E-state index in [9.17, 15) is 0 Å². The van der Waals surface area contributed by atoms with E-state index in [1.54, 1.807) is 18.2 Å². The predicted molar refractivity (Wildman–Crippen MR) is 58.5 cm³/mol. The van der Waals surface area contributed by atoms with Crippen LogP contribution in [-0.4, -0.2) is 6.34 Å². The first-order valence-corrected chi connectivity index (χ1v) is 4.54. The Morgan fingerprint density at radius 1 is 1.54 bits per heavy atom. The van der Waals surface area contributed by atoms with Crippen molar-refractivity contribution in [2.45, 2.75) is 0 Å². The first kappa shape index (κ1) is 10.3. The molecule has 0 atom stereocenters. The van der Waals surface area contributed by atoms with E-state index < -0.39 is 0 Å². The topological polar surface area (TPSA) is 67.6 Å². The molecule has 0 amide bonds. The molecule has 0 bridgehead atoms. The SMILES string of the molecule is N/N=C\N(N)c1ccc(Cl)cc1Br. The van der Waals surface area contributed by atoms with E-state index in [1.807, 2.05) is 0 Å². The number of hydrogen-bond acceptors (Lipinski definition) is 3.